The molecule has 2 heterocycles. The number of piperidine rings is 1. The molecule has 108 heavy (non-hydrogen) atoms. The molecule has 2 amide bonds. The summed E-state index contributed by atoms with van der Waals surface area (Å²) in [6.07, 6.45) is 25.0. The fraction of sp³-hybridized carbons (Fsp3) is 0.774. The van der Waals surface area contributed by atoms with E-state index < -0.39 is 5.41 Å². The van der Waals surface area contributed by atoms with E-state index in [0.29, 0.717) is 66.1 Å². The predicted molar refractivity (Wildman–Crippen MR) is 456 cm³/mol. The Hall–Kier alpha value is -5.77. The minimum atomic E-state index is -0.542. The number of likely N-dealkylation sites (tertiary alicyclic amines) is 2. The molecule has 15 nitrogen and oxygen atoms in total. The van der Waals surface area contributed by atoms with Gasteiger partial charge < -0.3 is 10.6 Å². The van der Waals surface area contributed by atoms with E-state index in [1.54, 1.807) is 60.6 Å². The zero-order chi connectivity index (χ0) is 88.6. The molecule has 5 rings (SSSR count). The van der Waals surface area contributed by atoms with Gasteiger partial charge in [-0.15, -0.1) is 6.42 Å². The monoisotopic (exact) mass is 1520 g/mol. The van der Waals surface area contributed by atoms with Crippen LogP contribution in [0, 0.1) is 96.6 Å². The Labute approximate surface area is 666 Å². The van der Waals surface area contributed by atoms with E-state index in [9.17, 15) is 52.7 Å². The molecule has 0 aromatic carbocycles. The lowest BCUT2D eigenvalue weighted by Gasteiger charge is -2.29. The zero-order valence-corrected chi connectivity index (χ0v) is 76.8. The summed E-state index contributed by atoms with van der Waals surface area (Å²) in [6, 6.07) is -0.151. The maximum atomic E-state index is 11.6. The van der Waals surface area contributed by atoms with Gasteiger partial charge in [-0.2, -0.15) is 0 Å². The number of Topliss-reactive ketones (excluding diaryl/α,β-unsaturated/α-hetero) is 6. The van der Waals surface area contributed by atoms with Crippen molar-refractivity contribution >= 4 is 63.9 Å². The number of terminal acetylenes is 1. The van der Waals surface area contributed by atoms with Gasteiger partial charge in [0.05, 0.1) is 2.74 Å². The van der Waals surface area contributed by atoms with Crippen molar-refractivity contribution < 1.29 is 55.5 Å². The highest BCUT2D eigenvalue weighted by atomic mass is 16.2. The lowest BCUT2D eigenvalue weighted by molar-refractivity contribution is -0.128. The standard InChI is InChI=1S/C13H23NO.C11H19NO.C9H16O.C8H15NO.2C8H14O.C8H12O.C7H15NO.2C7H14O.C7H10O/c1-13(2,3)12(15)8-7-11-14-9-5-4-6-10-14;1-11(2,3)10(13)6-4-7-12-8-5-9-12;1-6-5-7(6)8(10)9(2,3)4;1-8(2,3)9-7(10)6-4-5-6;1-8(2,3)7(9)6-4-5-6;2*1-5-6-7(9)8(2,3)4;1-5-6(9)8-7(2,3)4;3*1-5-6(8)7(2,3)4/h7-8H,4-6,9-11H2,1-3H3;4,6H,5,7-9H2,1-3H3;6-7H,5H2,1-4H3;6H,4-5H2,1-3H3,(H,9,10);6H,4-5H2,1-3H3;5-6H,1-4H3;1-4H3;5H2,1-4H3,(H,8,9);2*5H2,1-4H3;1H,2-4H3/b8-7+;6-4+;;;;6-5+;;;;;/i;;;;;5D,6D;;;;;. The van der Waals surface area contributed by atoms with Crippen LogP contribution in [0.5, 0.6) is 0 Å². The molecule has 15 heteroatoms. The first-order valence-corrected chi connectivity index (χ1v) is 39.9. The van der Waals surface area contributed by atoms with Gasteiger partial charge in [0.25, 0.3) is 0 Å². The molecule has 5 fully saturated rings. The summed E-state index contributed by atoms with van der Waals surface area (Å²) in [5, 5.41) is 5.77. The second kappa shape index (κ2) is 51.7. The minimum Gasteiger partial charge on any atom is -0.352 e. The Bertz CT molecular complexity index is 3020. The minimum absolute atomic E-state index is 0.00463. The Morgan fingerprint density at radius 3 is 0.917 bits per heavy atom. The Kier molecular flexibility index (Phi) is 52.0. The van der Waals surface area contributed by atoms with E-state index >= 15 is 0 Å². The van der Waals surface area contributed by atoms with Gasteiger partial charge in [-0.25, -0.2) is 0 Å². The first-order valence-electron chi connectivity index (χ1n) is 40.9. The first kappa shape index (κ1) is 109. The van der Waals surface area contributed by atoms with Crippen molar-refractivity contribution in [3.05, 3.63) is 36.4 Å². The number of amides is 2. The van der Waals surface area contributed by atoms with E-state index in [2.05, 4.69) is 45.1 Å². The van der Waals surface area contributed by atoms with Crippen molar-refractivity contribution in [1.82, 2.24) is 20.4 Å². The average molecular weight is 1520 g/mol. The van der Waals surface area contributed by atoms with Crippen molar-refractivity contribution in [3.63, 3.8) is 0 Å². The summed E-state index contributed by atoms with van der Waals surface area (Å²) in [6.45, 7) is 81.0. The molecule has 0 aromatic heterocycles. The first-order chi connectivity index (χ1) is 49.1. The molecule has 0 bridgehead atoms. The van der Waals surface area contributed by atoms with E-state index in [4.69, 9.17) is 9.16 Å². The van der Waals surface area contributed by atoms with Crippen LogP contribution in [0.4, 0.5) is 0 Å². The Morgan fingerprint density at radius 2 is 0.769 bits per heavy atom. The van der Waals surface area contributed by atoms with Gasteiger partial charge in [0, 0.05) is 110 Å². The largest absolute Gasteiger partial charge is 0.352 e. The number of hydrogen-bond donors (Lipinski definition) is 2. The molecule has 3 aliphatic carbocycles. The highest BCUT2D eigenvalue weighted by Crippen LogP contribution is 2.43. The lowest BCUT2D eigenvalue weighted by atomic mass is 9.87. The number of nitrogens with zero attached hydrogens (tertiary/aromatic N) is 2. The molecule has 2 unspecified atom stereocenters. The molecule has 2 atom stereocenters. The molecular weight excluding hydrogens is 1350 g/mol. The van der Waals surface area contributed by atoms with Gasteiger partial charge in [-0.3, -0.25) is 62.5 Å². The molecule has 2 saturated heterocycles. The summed E-state index contributed by atoms with van der Waals surface area (Å²) >= 11 is 0. The number of hydrogen-bond acceptors (Lipinski definition) is 13. The van der Waals surface area contributed by atoms with Crippen LogP contribution >= 0.6 is 0 Å². The summed E-state index contributed by atoms with van der Waals surface area (Å²) in [5.74, 6) is 10.9. The maximum absolute atomic E-state index is 11.6. The third kappa shape index (κ3) is 66.1. The van der Waals surface area contributed by atoms with Gasteiger partial charge in [-0.1, -0.05) is 245 Å². The number of nitrogens with one attached hydrogen (secondary N) is 2. The van der Waals surface area contributed by atoms with E-state index in [1.165, 1.54) is 58.8 Å². The van der Waals surface area contributed by atoms with E-state index in [-0.39, 0.29) is 107 Å². The normalized spacial score (nSPS) is 17.1. The average Bonchev–Trinajstić information content (AvgIpc) is 1.67. The number of allylic oxidation sites excluding steroid dienone is 4. The third-order valence-corrected chi connectivity index (χ3v) is 16.3. The summed E-state index contributed by atoms with van der Waals surface area (Å²) in [7, 11) is 0. The number of ketones is 9. The topological polar surface area (TPSA) is 218 Å². The van der Waals surface area contributed by atoms with E-state index in [1.807, 2.05) is 220 Å². The highest BCUT2D eigenvalue weighted by molar-refractivity contribution is 5.99. The lowest BCUT2D eigenvalue weighted by Crippen LogP contribution is -2.41. The quantitative estimate of drug-likeness (QED) is 0.0997. The molecule has 624 valence electrons. The molecule has 2 N–H and O–H groups in total. The molecule has 5 aliphatic rings. The zero-order valence-electron chi connectivity index (χ0n) is 78.8. The van der Waals surface area contributed by atoms with Gasteiger partial charge in [0.15, 0.2) is 17.3 Å². The number of carbonyl (C=O) groups excluding carboxylic acids is 11. The van der Waals surface area contributed by atoms with Gasteiger partial charge in [0.2, 0.25) is 23.4 Å². The van der Waals surface area contributed by atoms with Crippen LogP contribution in [0.25, 0.3) is 0 Å². The van der Waals surface area contributed by atoms with Crippen LogP contribution in [-0.4, -0.2) is 124 Å². The van der Waals surface area contributed by atoms with Crippen molar-refractivity contribution in [1.29, 1.82) is 0 Å². The fourth-order valence-electron chi connectivity index (χ4n) is 8.23. The highest BCUT2D eigenvalue weighted by Gasteiger charge is 2.43. The van der Waals surface area contributed by atoms with Crippen LogP contribution in [0.15, 0.2) is 36.4 Å². The van der Waals surface area contributed by atoms with Crippen molar-refractivity contribution in [2.24, 2.45) is 72.4 Å². The van der Waals surface area contributed by atoms with Crippen LogP contribution < -0.4 is 10.6 Å². The van der Waals surface area contributed by atoms with Crippen LogP contribution in [0.1, 0.15) is 350 Å². The van der Waals surface area contributed by atoms with Crippen molar-refractivity contribution in [2.75, 3.05) is 39.3 Å². The van der Waals surface area contributed by atoms with Gasteiger partial charge in [0.1, 0.15) is 23.1 Å². The third-order valence-electron chi connectivity index (χ3n) is 16.3. The second-order valence-electron chi connectivity index (χ2n) is 40.2. The molecule has 0 aromatic rings. The van der Waals surface area contributed by atoms with Gasteiger partial charge in [-0.05, 0) is 169 Å². The fourth-order valence-corrected chi connectivity index (χ4v) is 8.23. The Morgan fingerprint density at radius 1 is 0.435 bits per heavy atom. The molecule has 3 saturated carbocycles. The summed E-state index contributed by atoms with van der Waals surface area (Å²) in [5.41, 5.74) is -2.28. The van der Waals surface area contributed by atoms with Crippen LogP contribution in [0.2, 0.25) is 0 Å². The number of rotatable bonds is 13. The van der Waals surface area contributed by atoms with Crippen molar-refractivity contribution in [3.8, 4) is 24.2 Å². The van der Waals surface area contributed by atoms with Crippen LogP contribution in [-0.2, 0) is 52.7 Å². The maximum Gasteiger partial charge on any atom is 0.223 e. The van der Waals surface area contributed by atoms with Crippen molar-refractivity contribution in [2.45, 2.75) is 358 Å². The van der Waals surface area contributed by atoms with E-state index in [0.717, 1.165) is 45.2 Å². The molecular formula is C93H166N4O11. The van der Waals surface area contributed by atoms with Gasteiger partial charge >= 0.3 is 0 Å². The smallest absolute Gasteiger partial charge is 0.223 e. The molecule has 0 radical (unpaired) electrons. The summed E-state index contributed by atoms with van der Waals surface area (Å²) in [4.78, 5) is 127. The molecule has 2 aliphatic heterocycles. The Balaban J connectivity index is -0.000000272. The van der Waals surface area contributed by atoms with Crippen LogP contribution in [0.3, 0.4) is 0 Å². The number of carbonyl (C=O) groups is 11. The SMILES string of the molecule is C#CC(=O)C(C)(C)C.CC#CC(=O)C(C)(C)C.CC(C)(C)C(=O)/C=C/CN1CCC1.CC(C)(C)C(=O)/C=C/CN1CCCCC1.CC(C)(C)C(=O)C1CC1.CC(C)(C)NC(=O)C1CC1.CC1CC1C(=O)C(C)(C)C.CCC(=O)C(C)(C)C.CCC(=O)C(C)(C)C.CCC(=O)NC(C)(C)C.[2H]/C(C)=C(/[2H])C(=O)C(C)(C)C. The predicted octanol–water partition coefficient (Wildman–Crippen LogP) is 20.5. The second-order valence-corrected chi connectivity index (χ2v) is 40.2. The molecule has 0 spiro atoms. The summed E-state index contributed by atoms with van der Waals surface area (Å²) < 4.78 is 14.3.